The van der Waals surface area contributed by atoms with Crippen molar-refractivity contribution in [2.75, 3.05) is 18.5 Å². The summed E-state index contributed by atoms with van der Waals surface area (Å²) in [6, 6.07) is 3.73. The van der Waals surface area contributed by atoms with E-state index in [0.717, 1.165) is 31.8 Å². The second-order valence-corrected chi connectivity index (χ2v) is 5.90. The minimum absolute atomic E-state index is 0.0295. The van der Waals surface area contributed by atoms with Crippen molar-refractivity contribution in [3.63, 3.8) is 0 Å². The summed E-state index contributed by atoms with van der Waals surface area (Å²) in [4.78, 5) is 16.6. The highest BCUT2D eigenvalue weighted by Gasteiger charge is 2.41. The molecule has 1 aliphatic carbocycles. The SMILES string of the molecule is CCCNc1cc(C(=O)NC2CCOC2C2CC2)ccn1. The van der Waals surface area contributed by atoms with Gasteiger partial charge in [-0.3, -0.25) is 4.79 Å². The van der Waals surface area contributed by atoms with Gasteiger partial charge in [-0.05, 0) is 43.7 Å². The number of hydrogen-bond donors (Lipinski definition) is 2. The molecule has 114 valence electrons. The Morgan fingerprint density at radius 2 is 2.29 bits per heavy atom. The molecule has 2 aliphatic rings. The second-order valence-electron chi connectivity index (χ2n) is 5.90. The summed E-state index contributed by atoms with van der Waals surface area (Å²) in [6.07, 6.45) is 6.30. The second kappa shape index (κ2) is 6.43. The van der Waals surface area contributed by atoms with Gasteiger partial charge in [0.15, 0.2) is 0 Å². The predicted octanol–water partition coefficient (Wildman–Crippen LogP) is 2.20. The van der Waals surface area contributed by atoms with Gasteiger partial charge in [-0.25, -0.2) is 4.98 Å². The molecule has 0 spiro atoms. The lowest BCUT2D eigenvalue weighted by molar-refractivity contribution is 0.0729. The monoisotopic (exact) mass is 289 g/mol. The molecule has 1 aliphatic heterocycles. The summed E-state index contributed by atoms with van der Waals surface area (Å²) in [7, 11) is 0. The fourth-order valence-electron chi connectivity index (χ4n) is 2.83. The number of ether oxygens (including phenoxy) is 1. The number of hydrogen-bond acceptors (Lipinski definition) is 4. The third kappa shape index (κ3) is 3.53. The first-order chi connectivity index (χ1) is 10.3. The standard InChI is InChI=1S/C16H23N3O2/c1-2-7-17-14-10-12(5-8-18-14)16(20)19-13-6-9-21-15(13)11-3-4-11/h5,8,10-11,13,15H,2-4,6-7,9H2,1H3,(H,17,18)(H,19,20). The van der Waals surface area contributed by atoms with Crippen molar-refractivity contribution in [1.29, 1.82) is 0 Å². The van der Waals surface area contributed by atoms with E-state index >= 15 is 0 Å². The molecule has 2 atom stereocenters. The van der Waals surface area contributed by atoms with Gasteiger partial charge in [0.1, 0.15) is 5.82 Å². The number of anilines is 1. The number of pyridine rings is 1. The molecule has 5 nitrogen and oxygen atoms in total. The van der Waals surface area contributed by atoms with Crippen molar-refractivity contribution in [1.82, 2.24) is 10.3 Å². The quantitative estimate of drug-likeness (QED) is 0.842. The number of amides is 1. The van der Waals surface area contributed by atoms with Gasteiger partial charge in [0.2, 0.25) is 0 Å². The van der Waals surface area contributed by atoms with Crippen LogP contribution in [0, 0.1) is 5.92 Å². The maximum Gasteiger partial charge on any atom is 0.251 e. The Bertz CT molecular complexity index is 502. The molecular formula is C16H23N3O2. The zero-order chi connectivity index (χ0) is 14.7. The molecule has 1 aromatic rings. The van der Waals surface area contributed by atoms with Crippen LogP contribution >= 0.6 is 0 Å². The molecule has 2 heterocycles. The minimum Gasteiger partial charge on any atom is -0.376 e. The summed E-state index contributed by atoms with van der Waals surface area (Å²) < 4.78 is 5.76. The zero-order valence-corrected chi connectivity index (χ0v) is 12.5. The van der Waals surface area contributed by atoms with Gasteiger partial charge < -0.3 is 15.4 Å². The van der Waals surface area contributed by atoms with Gasteiger partial charge in [-0.15, -0.1) is 0 Å². The number of rotatable bonds is 6. The molecule has 1 saturated carbocycles. The lowest BCUT2D eigenvalue weighted by Gasteiger charge is -2.19. The van der Waals surface area contributed by atoms with E-state index in [1.54, 1.807) is 12.3 Å². The predicted molar refractivity (Wildman–Crippen MR) is 81.4 cm³/mol. The van der Waals surface area contributed by atoms with Crippen molar-refractivity contribution in [3.8, 4) is 0 Å². The van der Waals surface area contributed by atoms with Crippen LogP contribution in [0.1, 0.15) is 43.0 Å². The van der Waals surface area contributed by atoms with E-state index in [4.69, 9.17) is 4.74 Å². The summed E-state index contributed by atoms with van der Waals surface area (Å²) >= 11 is 0. The number of carbonyl (C=O) groups excluding carboxylic acids is 1. The van der Waals surface area contributed by atoms with Crippen molar-refractivity contribution < 1.29 is 9.53 Å². The maximum atomic E-state index is 12.4. The smallest absolute Gasteiger partial charge is 0.251 e. The van der Waals surface area contributed by atoms with E-state index in [2.05, 4.69) is 22.5 Å². The molecule has 5 heteroatoms. The van der Waals surface area contributed by atoms with Crippen molar-refractivity contribution >= 4 is 11.7 Å². The molecule has 2 N–H and O–H groups in total. The molecule has 2 fully saturated rings. The van der Waals surface area contributed by atoms with E-state index in [1.165, 1.54) is 12.8 Å². The molecule has 21 heavy (non-hydrogen) atoms. The van der Waals surface area contributed by atoms with Crippen LogP contribution in [0.25, 0.3) is 0 Å². The van der Waals surface area contributed by atoms with Crippen LogP contribution in [0.3, 0.4) is 0 Å². The molecule has 0 radical (unpaired) electrons. The van der Waals surface area contributed by atoms with Crippen LogP contribution in [-0.2, 0) is 4.74 Å². The van der Waals surface area contributed by atoms with Crippen molar-refractivity contribution in [2.45, 2.75) is 44.8 Å². The van der Waals surface area contributed by atoms with Crippen LogP contribution in [0.15, 0.2) is 18.3 Å². The average molecular weight is 289 g/mol. The van der Waals surface area contributed by atoms with E-state index in [9.17, 15) is 4.79 Å². The lowest BCUT2D eigenvalue weighted by Crippen LogP contribution is -2.41. The molecule has 0 bridgehead atoms. The van der Waals surface area contributed by atoms with E-state index in [-0.39, 0.29) is 18.1 Å². The summed E-state index contributed by atoms with van der Waals surface area (Å²) in [5.41, 5.74) is 0.657. The Kier molecular flexibility index (Phi) is 4.39. The third-order valence-corrected chi connectivity index (χ3v) is 4.12. The number of aromatic nitrogens is 1. The minimum atomic E-state index is -0.0295. The fourth-order valence-corrected chi connectivity index (χ4v) is 2.83. The molecule has 1 saturated heterocycles. The molecular weight excluding hydrogens is 266 g/mol. The Morgan fingerprint density at radius 1 is 1.43 bits per heavy atom. The Balaban J connectivity index is 1.61. The molecule has 1 amide bonds. The maximum absolute atomic E-state index is 12.4. The van der Waals surface area contributed by atoms with Crippen LogP contribution in [0.4, 0.5) is 5.82 Å². The van der Waals surface area contributed by atoms with E-state index < -0.39 is 0 Å². The molecule has 2 unspecified atom stereocenters. The van der Waals surface area contributed by atoms with Crippen LogP contribution < -0.4 is 10.6 Å². The Morgan fingerprint density at radius 3 is 3.05 bits per heavy atom. The average Bonchev–Trinajstić information content (AvgIpc) is 3.25. The van der Waals surface area contributed by atoms with Crippen LogP contribution in [0.5, 0.6) is 0 Å². The normalized spacial score (nSPS) is 24.8. The zero-order valence-electron chi connectivity index (χ0n) is 12.5. The number of nitrogens with zero attached hydrogens (tertiary/aromatic N) is 1. The van der Waals surface area contributed by atoms with Gasteiger partial charge in [0.25, 0.3) is 5.91 Å². The van der Waals surface area contributed by atoms with Gasteiger partial charge in [0.05, 0.1) is 12.1 Å². The van der Waals surface area contributed by atoms with Crippen molar-refractivity contribution in [3.05, 3.63) is 23.9 Å². The van der Waals surface area contributed by atoms with Gasteiger partial charge in [-0.1, -0.05) is 6.92 Å². The summed E-state index contributed by atoms with van der Waals surface area (Å²) in [5.74, 6) is 1.38. The first-order valence-corrected chi connectivity index (χ1v) is 7.90. The molecule has 0 aromatic carbocycles. The van der Waals surface area contributed by atoms with Crippen LogP contribution in [-0.4, -0.2) is 36.2 Å². The summed E-state index contributed by atoms with van der Waals surface area (Å²) in [6.45, 7) is 3.71. The van der Waals surface area contributed by atoms with E-state index in [0.29, 0.717) is 11.5 Å². The molecule has 3 rings (SSSR count). The van der Waals surface area contributed by atoms with Crippen LogP contribution in [0.2, 0.25) is 0 Å². The van der Waals surface area contributed by atoms with Gasteiger partial charge in [0, 0.05) is 24.9 Å². The topological polar surface area (TPSA) is 63.2 Å². The first-order valence-electron chi connectivity index (χ1n) is 7.90. The third-order valence-electron chi connectivity index (χ3n) is 4.12. The fraction of sp³-hybridized carbons (Fsp3) is 0.625. The largest absolute Gasteiger partial charge is 0.376 e. The number of carbonyl (C=O) groups is 1. The first kappa shape index (κ1) is 14.3. The van der Waals surface area contributed by atoms with E-state index in [1.807, 2.05) is 6.07 Å². The van der Waals surface area contributed by atoms with Gasteiger partial charge in [-0.2, -0.15) is 0 Å². The number of nitrogens with one attached hydrogen (secondary N) is 2. The lowest BCUT2D eigenvalue weighted by atomic mass is 10.1. The molecule has 1 aromatic heterocycles. The van der Waals surface area contributed by atoms with Gasteiger partial charge >= 0.3 is 0 Å². The highest BCUT2D eigenvalue weighted by atomic mass is 16.5. The summed E-state index contributed by atoms with van der Waals surface area (Å²) in [5, 5.41) is 6.33. The Hall–Kier alpha value is -1.62. The highest BCUT2D eigenvalue weighted by Crippen LogP contribution is 2.38. The highest BCUT2D eigenvalue weighted by molar-refractivity contribution is 5.95. The van der Waals surface area contributed by atoms with Crippen molar-refractivity contribution in [2.24, 2.45) is 5.92 Å². The Labute approximate surface area is 125 Å².